The number of carboxylic acid groups (broad SMARTS) is 2. The van der Waals surface area contributed by atoms with E-state index in [1.165, 1.54) is 12.1 Å². The third kappa shape index (κ3) is 2.91. The number of aliphatic carboxylic acids is 2. The SMILES string of the molecule is O=C(O)C[C@@H](NC(=O)c1ccc2cn[nH]c2c1)C(=O)O. The Kier molecular flexibility index (Phi) is 3.65. The average molecular weight is 277 g/mol. The minimum absolute atomic E-state index is 0.221. The van der Waals surface area contributed by atoms with E-state index in [1.54, 1.807) is 12.3 Å². The maximum Gasteiger partial charge on any atom is 0.326 e. The Morgan fingerprint density at radius 1 is 1.30 bits per heavy atom. The van der Waals surface area contributed by atoms with Crippen molar-refractivity contribution < 1.29 is 24.6 Å². The van der Waals surface area contributed by atoms with Crippen LogP contribution in [-0.2, 0) is 9.59 Å². The van der Waals surface area contributed by atoms with Gasteiger partial charge in [-0.15, -0.1) is 0 Å². The molecule has 0 radical (unpaired) electrons. The summed E-state index contributed by atoms with van der Waals surface area (Å²) in [4.78, 5) is 33.3. The highest BCUT2D eigenvalue weighted by Gasteiger charge is 2.23. The molecule has 1 amide bonds. The summed E-state index contributed by atoms with van der Waals surface area (Å²) >= 11 is 0. The first-order valence-electron chi connectivity index (χ1n) is 5.66. The van der Waals surface area contributed by atoms with Crippen molar-refractivity contribution in [2.45, 2.75) is 12.5 Å². The fraction of sp³-hybridized carbons (Fsp3) is 0.167. The third-order valence-electron chi connectivity index (χ3n) is 2.69. The molecule has 2 rings (SSSR count). The van der Waals surface area contributed by atoms with Crippen LogP contribution in [0.15, 0.2) is 24.4 Å². The zero-order valence-electron chi connectivity index (χ0n) is 10.2. The number of amides is 1. The summed E-state index contributed by atoms with van der Waals surface area (Å²) in [6.45, 7) is 0. The number of hydrogen-bond acceptors (Lipinski definition) is 4. The summed E-state index contributed by atoms with van der Waals surface area (Å²) in [6.07, 6.45) is 0.898. The number of aromatic amines is 1. The second-order valence-corrected chi connectivity index (χ2v) is 4.13. The van der Waals surface area contributed by atoms with E-state index < -0.39 is 30.3 Å². The van der Waals surface area contributed by atoms with E-state index in [-0.39, 0.29) is 5.56 Å². The molecule has 1 atom stereocenters. The van der Waals surface area contributed by atoms with Gasteiger partial charge in [-0.2, -0.15) is 5.10 Å². The molecule has 104 valence electrons. The van der Waals surface area contributed by atoms with Crippen LogP contribution in [-0.4, -0.2) is 44.3 Å². The molecule has 0 bridgehead atoms. The monoisotopic (exact) mass is 277 g/mol. The Morgan fingerprint density at radius 2 is 2.05 bits per heavy atom. The molecule has 0 unspecified atom stereocenters. The van der Waals surface area contributed by atoms with Gasteiger partial charge in [0.2, 0.25) is 0 Å². The van der Waals surface area contributed by atoms with Crippen molar-refractivity contribution in [1.29, 1.82) is 0 Å². The Labute approximate surface area is 112 Å². The summed E-state index contributed by atoms with van der Waals surface area (Å²) < 4.78 is 0. The lowest BCUT2D eigenvalue weighted by molar-refractivity contribution is -0.145. The summed E-state index contributed by atoms with van der Waals surface area (Å²) in [7, 11) is 0. The van der Waals surface area contributed by atoms with Crippen LogP contribution in [0, 0.1) is 0 Å². The molecule has 4 N–H and O–H groups in total. The summed E-state index contributed by atoms with van der Waals surface area (Å²) in [5, 5.41) is 26.9. The Balaban J connectivity index is 2.17. The molecule has 1 heterocycles. The van der Waals surface area contributed by atoms with E-state index in [9.17, 15) is 14.4 Å². The lowest BCUT2D eigenvalue weighted by Gasteiger charge is -2.12. The van der Waals surface area contributed by atoms with Gasteiger partial charge < -0.3 is 15.5 Å². The molecule has 2 aromatic rings. The van der Waals surface area contributed by atoms with Crippen LogP contribution >= 0.6 is 0 Å². The number of nitrogens with one attached hydrogen (secondary N) is 2. The van der Waals surface area contributed by atoms with Gasteiger partial charge in [-0.05, 0) is 12.1 Å². The number of fused-ring (bicyclic) bond motifs is 1. The molecule has 8 nitrogen and oxygen atoms in total. The van der Waals surface area contributed by atoms with Crippen LogP contribution in [0.2, 0.25) is 0 Å². The van der Waals surface area contributed by atoms with Gasteiger partial charge in [-0.3, -0.25) is 14.7 Å². The third-order valence-corrected chi connectivity index (χ3v) is 2.69. The first-order chi connectivity index (χ1) is 9.47. The quantitative estimate of drug-likeness (QED) is 0.618. The number of nitrogens with zero attached hydrogens (tertiary/aromatic N) is 1. The number of carbonyl (C=O) groups excluding carboxylic acids is 1. The van der Waals surface area contributed by atoms with Gasteiger partial charge in [0.05, 0.1) is 18.1 Å². The number of carbonyl (C=O) groups is 3. The molecule has 0 aliphatic heterocycles. The molecule has 1 aromatic carbocycles. The van der Waals surface area contributed by atoms with Crippen LogP contribution in [0.5, 0.6) is 0 Å². The van der Waals surface area contributed by atoms with Gasteiger partial charge in [-0.1, -0.05) is 6.07 Å². The smallest absolute Gasteiger partial charge is 0.326 e. The minimum Gasteiger partial charge on any atom is -0.481 e. The number of hydrogen-bond donors (Lipinski definition) is 4. The van der Waals surface area contributed by atoms with Crippen LogP contribution in [0.3, 0.4) is 0 Å². The molecule has 0 saturated carbocycles. The molecule has 0 saturated heterocycles. The van der Waals surface area contributed by atoms with Gasteiger partial charge in [0.15, 0.2) is 0 Å². The number of H-pyrrole nitrogens is 1. The number of benzene rings is 1. The van der Waals surface area contributed by atoms with Gasteiger partial charge in [-0.25, -0.2) is 4.79 Å². The number of rotatable bonds is 5. The van der Waals surface area contributed by atoms with Crippen LogP contribution < -0.4 is 5.32 Å². The highest BCUT2D eigenvalue weighted by Crippen LogP contribution is 2.13. The van der Waals surface area contributed by atoms with Gasteiger partial charge in [0, 0.05) is 10.9 Å². The van der Waals surface area contributed by atoms with E-state index >= 15 is 0 Å². The predicted molar refractivity (Wildman–Crippen MR) is 67.2 cm³/mol. The van der Waals surface area contributed by atoms with Crippen molar-refractivity contribution >= 4 is 28.7 Å². The van der Waals surface area contributed by atoms with Gasteiger partial charge in [0.1, 0.15) is 6.04 Å². The summed E-state index contributed by atoms with van der Waals surface area (Å²) in [5.74, 6) is -3.36. The van der Waals surface area contributed by atoms with E-state index in [0.29, 0.717) is 5.52 Å². The highest BCUT2D eigenvalue weighted by molar-refractivity contribution is 5.99. The predicted octanol–water partition coefficient (Wildman–Crippen LogP) is 0.221. The van der Waals surface area contributed by atoms with Crippen molar-refractivity contribution in [1.82, 2.24) is 15.5 Å². The van der Waals surface area contributed by atoms with E-state index in [2.05, 4.69) is 15.5 Å². The standard InChI is InChI=1S/C12H11N3O5/c16-10(17)4-9(12(19)20)14-11(18)6-1-2-7-5-13-15-8(7)3-6/h1-3,5,9H,4H2,(H,13,15)(H,14,18)(H,16,17)(H,19,20)/t9-/m1/s1. The highest BCUT2D eigenvalue weighted by atomic mass is 16.4. The van der Waals surface area contributed by atoms with E-state index in [1.807, 2.05) is 0 Å². The van der Waals surface area contributed by atoms with Crippen molar-refractivity contribution in [2.75, 3.05) is 0 Å². The molecule has 0 aliphatic rings. The van der Waals surface area contributed by atoms with Crippen molar-refractivity contribution in [3.05, 3.63) is 30.0 Å². The topological polar surface area (TPSA) is 132 Å². The number of carboxylic acids is 2. The maximum atomic E-state index is 11.9. The zero-order chi connectivity index (χ0) is 14.7. The van der Waals surface area contributed by atoms with Gasteiger partial charge in [0.25, 0.3) is 5.91 Å². The fourth-order valence-corrected chi connectivity index (χ4v) is 1.69. The first-order valence-corrected chi connectivity index (χ1v) is 5.66. The average Bonchev–Trinajstić information content (AvgIpc) is 2.84. The lowest BCUT2D eigenvalue weighted by Crippen LogP contribution is -2.42. The molecule has 20 heavy (non-hydrogen) atoms. The molecule has 1 aromatic heterocycles. The number of aromatic nitrogens is 2. The van der Waals surface area contributed by atoms with Crippen molar-refractivity contribution in [2.24, 2.45) is 0 Å². The summed E-state index contributed by atoms with van der Waals surface area (Å²) in [5.41, 5.74) is 0.848. The van der Waals surface area contributed by atoms with Crippen molar-refractivity contribution in [3.63, 3.8) is 0 Å². The van der Waals surface area contributed by atoms with Crippen LogP contribution in [0.4, 0.5) is 0 Å². The van der Waals surface area contributed by atoms with E-state index in [4.69, 9.17) is 10.2 Å². The largest absolute Gasteiger partial charge is 0.481 e. The normalized spacial score (nSPS) is 12.0. The van der Waals surface area contributed by atoms with Crippen LogP contribution in [0.25, 0.3) is 10.9 Å². The Bertz CT molecular complexity index is 679. The fourth-order valence-electron chi connectivity index (χ4n) is 1.69. The lowest BCUT2D eigenvalue weighted by atomic mass is 10.1. The minimum atomic E-state index is -1.47. The second kappa shape index (κ2) is 5.39. The van der Waals surface area contributed by atoms with E-state index in [0.717, 1.165) is 5.39 Å². The molecule has 8 heteroatoms. The maximum absolute atomic E-state index is 11.9. The molecule has 0 fully saturated rings. The molecular formula is C12H11N3O5. The van der Waals surface area contributed by atoms with Crippen LogP contribution in [0.1, 0.15) is 16.8 Å². The molecule has 0 aliphatic carbocycles. The molecule has 0 spiro atoms. The second-order valence-electron chi connectivity index (χ2n) is 4.13. The first kappa shape index (κ1) is 13.5. The molecular weight excluding hydrogens is 266 g/mol. The Hall–Kier alpha value is -2.90. The van der Waals surface area contributed by atoms with Gasteiger partial charge >= 0.3 is 11.9 Å². The Morgan fingerprint density at radius 3 is 2.70 bits per heavy atom. The zero-order valence-corrected chi connectivity index (χ0v) is 10.2. The van der Waals surface area contributed by atoms with Crippen molar-refractivity contribution in [3.8, 4) is 0 Å². The summed E-state index contributed by atoms with van der Waals surface area (Å²) in [6, 6.07) is 3.20.